The standard InChI is InChI=1S/C11H14BrClN2O3S/c1-3-4-15(2)11(16)8-5-7(12)6-9(10(8)13)19(14,17)18/h5-6H,3-4H2,1-2H3,(H2,14,17,18). The summed E-state index contributed by atoms with van der Waals surface area (Å²) < 4.78 is 23.3. The van der Waals surface area contributed by atoms with E-state index < -0.39 is 10.0 Å². The topological polar surface area (TPSA) is 80.5 Å². The first-order chi connectivity index (χ1) is 8.68. The van der Waals surface area contributed by atoms with E-state index in [1.807, 2.05) is 6.92 Å². The zero-order chi connectivity index (χ0) is 14.8. The number of amides is 1. The fourth-order valence-electron chi connectivity index (χ4n) is 1.57. The summed E-state index contributed by atoms with van der Waals surface area (Å²) in [6.07, 6.45) is 0.788. The quantitative estimate of drug-likeness (QED) is 0.883. The van der Waals surface area contributed by atoms with Crippen molar-refractivity contribution in [2.75, 3.05) is 13.6 Å². The van der Waals surface area contributed by atoms with Gasteiger partial charge in [0, 0.05) is 18.1 Å². The van der Waals surface area contributed by atoms with Crippen molar-refractivity contribution in [2.24, 2.45) is 5.14 Å². The molecule has 19 heavy (non-hydrogen) atoms. The van der Waals surface area contributed by atoms with Gasteiger partial charge in [0.1, 0.15) is 4.90 Å². The van der Waals surface area contributed by atoms with Crippen molar-refractivity contribution in [3.63, 3.8) is 0 Å². The van der Waals surface area contributed by atoms with Crippen LogP contribution in [0.1, 0.15) is 23.7 Å². The number of sulfonamides is 1. The molecular formula is C11H14BrClN2O3S. The molecule has 0 aliphatic carbocycles. The van der Waals surface area contributed by atoms with Gasteiger partial charge in [-0.1, -0.05) is 34.5 Å². The molecule has 0 aliphatic rings. The maximum Gasteiger partial charge on any atom is 0.255 e. The Balaban J connectivity index is 3.38. The van der Waals surface area contributed by atoms with Gasteiger partial charge in [0.2, 0.25) is 10.0 Å². The van der Waals surface area contributed by atoms with Crippen LogP contribution in [0.5, 0.6) is 0 Å². The zero-order valence-electron chi connectivity index (χ0n) is 10.5. The van der Waals surface area contributed by atoms with Crippen LogP contribution >= 0.6 is 27.5 Å². The fraction of sp³-hybridized carbons (Fsp3) is 0.364. The molecule has 1 aromatic carbocycles. The first kappa shape index (κ1) is 16.4. The molecule has 0 aliphatic heterocycles. The molecule has 0 atom stereocenters. The number of primary sulfonamides is 1. The first-order valence-corrected chi connectivity index (χ1v) is 8.17. The van der Waals surface area contributed by atoms with E-state index >= 15 is 0 Å². The third kappa shape index (κ3) is 3.92. The van der Waals surface area contributed by atoms with E-state index in [0.29, 0.717) is 11.0 Å². The molecule has 0 saturated carbocycles. The summed E-state index contributed by atoms with van der Waals surface area (Å²) in [7, 11) is -2.36. The van der Waals surface area contributed by atoms with Crippen LogP contribution in [-0.2, 0) is 10.0 Å². The Bertz CT molecular complexity index is 604. The van der Waals surface area contributed by atoms with E-state index in [1.165, 1.54) is 17.0 Å². The normalized spacial score (nSPS) is 11.4. The third-order valence-corrected chi connectivity index (χ3v) is 4.36. The molecule has 1 aromatic rings. The largest absolute Gasteiger partial charge is 0.342 e. The van der Waals surface area contributed by atoms with Crippen LogP contribution in [-0.4, -0.2) is 32.8 Å². The minimum atomic E-state index is -3.98. The van der Waals surface area contributed by atoms with Gasteiger partial charge in [0.05, 0.1) is 10.6 Å². The summed E-state index contributed by atoms with van der Waals surface area (Å²) >= 11 is 9.12. The molecular weight excluding hydrogens is 356 g/mol. The van der Waals surface area contributed by atoms with Crippen molar-refractivity contribution in [3.8, 4) is 0 Å². The van der Waals surface area contributed by atoms with Crippen LogP contribution in [0.2, 0.25) is 5.02 Å². The number of nitrogens with two attached hydrogens (primary N) is 1. The van der Waals surface area contributed by atoms with E-state index in [2.05, 4.69) is 15.9 Å². The lowest BCUT2D eigenvalue weighted by molar-refractivity contribution is 0.0795. The monoisotopic (exact) mass is 368 g/mol. The maximum absolute atomic E-state index is 12.2. The van der Waals surface area contributed by atoms with Gasteiger partial charge in [-0.05, 0) is 18.6 Å². The van der Waals surface area contributed by atoms with E-state index in [1.54, 1.807) is 7.05 Å². The number of hydrogen-bond acceptors (Lipinski definition) is 3. The second kappa shape index (κ2) is 6.21. The zero-order valence-corrected chi connectivity index (χ0v) is 13.6. The predicted octanol–water partition coefficient (Wildman–Crippen LogP) is 2.23. The van der Waals surface area contributed by atoms with Gasteiger partial charge in [-0.2, -0.15) is 0 Å². The van der Waals surface area contributed by atoms with Crippen LogP contribution in [0.25, 0.3) is 0 Å². The Morgan fingerprint density at radius 1 is 1.47 bits per heavy atom. The fourth-order valence-corrected chi connectivity index (χ4v) is 3.34. The summed E-state index contributed by atoms with van der Waals surface area (Å²) in [4.78, 5) is 13.4. The molecule has 0 spiro atoms. The smallest absolute Gasteiger partial charge is 0.255 e. The van der Waals surface area contributed by atoms with Crippen molar-refractivity contribution in [1.82, 2.24) is 4.90 Å². The predicted molar refractivity (Wildman–Crippen MR) is 77.8 cm³/mol. The van der Waals surface area contributed by atoms with E-state index in [4.69, 9.17) is 16.7 Å². The Morgan fingerprint density at radius 2 is 2.05 bits per heavy atom. The summed E-state index contributed by atoms with van der Waals surface area (Å²) in [6.45, 7) is 2.48. The highest BCUT2D eigenvalue weighted by molar-refractivity contribution is 9.10. The maximum atomic E-state index is 12.2. The average molecular weight is 370 g/mol. The molecule has 2 N–H and O–H groups in total. The van der Waals surface area contributed by atoms with Crippen LogP contribution in [0.4, 0.5) is 0 Å². The summed E-state index contributed by atoms with van der Waals surface area (Å²) in [5.74, 6) is -0.349. The lowest BCUT2D eigenvalue weighted by Gasteiger charge is -2.18. The molecule has 106 valence electrons. The molecule has 0 aromatic heterocycles. The average Bonchev–Trinajstić information content (AvgIpc) is 2.29. The van der Waals surface area contributed by atoms with Crippen LogP contribution in [0.15, 0.2) is 21.5 Å². The number of hydrogen-bond donors (Lipinski definition) is 1. The number of benzene rings is 1. The molecule has 0 unspecified atom stereocenters. The van der Waals surface area contributed by atoms with Gasteiger partial charge in [0.25, 0.3) is 5.91 Å². The first-order valence-electron chi connectivity index (χ1n) is 5.45. The molecule has 1 amide bonds. The van der Waals surface area contributed by atoms with Gasteiger partial charge in [0.15, 0.2) is 0 Å². The number of carbonyl (C=O) groups is 1. The van der Waals surface area contributed by atoms with Crippen molar-refractivity contribution in [2.45, 2.75) is 18.2 Å². The van der Waals surface area contributed by atoms with Crippen LogP contribution in [0.3, 0.4) is 0 Å². The summed E-state index contributed by atoms with van der Waals surface area (Å²) in [5.41, 5.74) is 0.107. The van der Waals surface area contributed by atoms with Gasteiger partial charge >= 0.3 is 0 Å². The molecule has 8 heteroatoms. The van der Waals surface area contributed by atoms with Crippen molar-refractivity contribution < 1.29 is 13.2 Å². The number of halogens is 2. The number of nitrogens with zero attached hydrogens (tertiary/aromatic N) is 1. The second-order valence-electron chi connectivity index (χ2n) is 4.04. The van der Waals surface area contributed by atoms with E-state index in [0.717, 1.165) is 6.42 Å². The minimum absolute atomic E-state index is 0.107. The van der Waals surface area contributed by atoms with E-state index in [9.17, 15) is 13.2 Å². The molecule has 0 fully saturated rings. The van der Waals surface area contributed by atoms with Crippen molar-refractivity contribution >= 4 is 43.5 Å². The third-order valence-electron chi connectivity index (χ3n) is 2.45. The second-order valence-corrected chi connectivity index (χ2v) is 6.86. The molecule has 0 radical (unpaired) electrons. The Hall–Kier alpha value is -0.630. The van der Waals surface area contributed by atoms with Gasteiger partial charge in [-0.3, -0.25) is 4.79 Å². The number of rotatable bonds is 4. The lowest BCUT2D eigenvalue weighted by atomic mass is 10.2. The molecule has 0 saturated heterocycles. The summed E-state index contributed by atoms with van der Waals surface area (Å²) in [6, 6.07) is 2.75. The lowest BCUT2D eigenvalue weighted by Crippen LogP contribution is -2.28. The Kier molecular flexibility index (Phi) is 5.37. The van der Waals surface area contributed by atoms with Crippen molar-refractivity contribution in [1.29, 1.82) is 0 Å². The Morgan fingerprint density at radius 3 is 2.53 bits per heavy atom. The van der Waals surface area contributed by atoms with Crippen LogP contribution < -0.4 is 5.14 Å². The molecule has 1 rings (SSSR count). The molecule has 0 bridgehead atoms. The SMILES string of the molecule is CCCN(C)C(=O)c1cc(Br)cc(S(N)(=O)=O)c1Cl. The molecule has 5 nitrogen and oxygen atoms in total. The highest BCUT2D eigenvalue weighted by Gasteiger charge is 2.22. The summed E-state index contributed by atoms with van der Waals surface area (Å²) in [5, 5.41) is 4.92. The minimum Gasteiger partial charge on any atom is -0.342 e. The van der Waals surface area contributed by atoms with E-state index in [-0.39, 0.29) is 21.4 Å². The Labute approximate surface area is 125 Å². The van der Waals surface area contributed by atoms with Crippen LogP contribution in [0, 0.1) is 0 Å². The number of carbonyl (C=O) groups excluding carboxylic acids is 1. The highest BCUT2D eigenvalue weighted by Crippen LogP contribution is 2.29. The highest BCUT2D eigenvalue weighted by atomic mass is 79.9. The van der Waals surface area contributed by atoms with Gasteiger partial charge in [-0.25, -0.2) is 13.6 Å². The van der Waals surface area contributed by atoms with Gasteiger partial charge < -0.3 is 4.90 Å². The van der Waals surface area contributed by atoms with Crippen molar-refractivity contribution in [3.05, 3.63) is 27.2 Å². The van der Waals surface area contributed by atoms with Gasteiger partial charge in [-0.15, -0.1) is 0 Å². The molecule has 0 heterocycles.